The molecule has 0 N–H and O–H groups in total. The number of allylic oxidation sites excluding steroid dienone is 1. The van der Waals surface area contributed by atoms with E-state index >= 15 is 0 Å². The number of hydrogen-bond donors (Lipinski definition) is 0. The lowest BCUT2D eigenvalue weighted by atomic mass is 10.1. The van der Waals surface area contributed by atoms with Crippen LogP contribution in [0.1, 0.15) is 37.8 Å². The molecule has 0 amide bonds. The van der Waals surface area contributed by atoms with Gasteiger partial charge in [-0.15, -0.1) is 0 Å². The van der Waals surface area contributed by atoms with Crippen LogP contribution < -0.4 is 0 Å². The predicted molar refractivity (Wildman–Crippen MR) is 59.8 cm³/mol. The van der Waals surface area contributed by atoms with Crippen molar-refractivity contribution in [1.29, 1.82) is 0 Å². The van der Waals surface area contributed by atoms with E-state index in [4.69, 9.17) is 0 Å². The molecule has 0 fully saturated rings. The maximum absolute atomic E-state index is 2.20. The first-order valence-electron chi connectivity index (χ1n) is 5.13. The number of benzene rings is 1. The van der Waals surface area contributed by atoms with E-state index < -0.39 is 0 Å². The van der Waals surface area contributed by atoms with Crippen LogP contribution in [-0.4, -0.2) is 0 Å². The van der Waals surface area contributed by atoms with Crippen molar-refractivity contribution in [3.05, 3.63) is 41.5 Å². The molecule has 1 aromatic carbocycles. The molecule has 0 saturated heterocycles. The molecule has 0 atom stereocenters. The van der Waals surface area contributed by atoms with Crippen molar-refractivity contribution in [2.24, 2.45) is 0 Å². The minimum absolute atomic E-state index is 1.12. The van der Waals surface area contributed by atoms with Gasteiger partial charge in [0.15, 0.2) is 0 Å². The van der Waals surface area contributed by atoms with Crippen molar-refractivity contribution in [2.75, 3.05) is 0 Å². The van der Waals surface area contributed by atoms with E-state index in [1.165, 1.54) is 24.0 Å². The number of rotatable bonds is 1. The fourth-order valence-electron chi connectivity index (χ4n) is 1.20. The Hall–Kier alpha value is -1.04. The minimum atomic E-state index is 1.12. The summed E-state index contributed by atoms with van der Waals surface area (Å²) in [5.41, 5.74) is 2.84. The number of unbranched alkanes of at least 4 members (excludes halogenated alkanes) is 1. The Labute approximate surface area is 81.3 Å². The third-order valence-corrected chi connectivity index (χ3v) is 2.19. The van der Waals surface area contributed by atoms with Crippen molar-refractivity contribution in [3.63, 3.8) is 0 Å². The number of hydrogen-bond acceptors (Lipinski definition) is 0. The molecule has 70 valence electrons. The first kappa shape index (κ1) is 10.0. The maximum atomic E-state index is 2.20. The molecular weight excluding hydrogens is 156 g/mol. The van der Waals surface area contributed by atoms with Crippen molar-refractivity contribution in [3.8, 4) is 0 Å². The predicted octanol–water partition coefficient (Wildman–Crippen LogP) is 4.06. The van der Waals surface area contributed by atoms with Crippen LogP contribution in [0.5, 0.6) is 0 Å². The van der Waals surface area contributed by atoms with Crippen LogP contribution in [0, 0.1) is 0 Å². The molecule has 0 heterocycles. The third-order valence-electron chi connectivity index (χ3n) is 2.19. The lowest BCUT2D eigenvalue weighted by Crippen LogP contribution is -1.76. The molecule has 2 rings (SSSR count). The maximum Gasteiger partial charge on any atom is -0.00882 e. The molecule has 1 aromatic rings. The van der Waals surface area contributed by atoms with Gasteiger partial charge in [0.1, 0.15) is 0 Å². The molecule has 0 bridgehead atoms. The van der Waals surface area contributed by atoms with E-state index in [1.54, 1.807) is 0 Å². The summed E-state index contributed by atoms with van der Waals surface area (Å²) in [5, 5.41) is 0. The number of fused-ring (bicyclic) bond motifs is 1. The van der Waals surface area contributed by atoms with E-state index in [9.17, 15) is 0 Å². The standard InChI is InChI=1S/C9H8.C4H10/c1-2-5-9-7-3-6-8(9)4-1;1-3-4-2/h1-6H,7H2;3-4H2,1-2H3. The van der Waals surface area contributed by atoms with Crippen LogP contribution in [-0.2, 0) is 6.42 Å². The molecule has 0 aromatic heterocycles. The lowest BCUT2D eigenvalue weighted by molar-refractivity contribution is 0.886. The fraction of sp³-hybridized carbons (Fsp3) is 0.385. The van der Waals surface area contributed by atoms with E-state index in [0.717, 1.165) is 6.42 Å². The van der Waals surface area contributed by atoms with Crippen molar-refractivity contribution in [2.45, 2.75) is 33.1 Å². The van der Waals surface area contributed by atoms with Crippen molar-refractivity contribution >= 4 is 6.08 Å². The molecule has 0 unspecified atom stereocenters. The van der Waals surface area contributed by atoms with Crippen LogP contribution in [0.25, 0.3) is 6.08 Å². The third kappa shape index (κ3) is 3.06. The molecule has 0 radical (unpaired) electrons. The highest BCUT2D eigenvalue weighted by Gasteiger charge is 2.00. The summed E-state index contributed by atoms with van der Waals surface area (Å²) in [7, 11) is 0. The van der Waals surface area contributed by atoms with Gasteiger partial charge in [-0.05, 0) is 17.5 Å². The fourth-order valence-corrected chi connectivity index (χ4v) is 1.20. The average molecular weight is 174 g/mol. The van der Waals surface area contributed by atoms with Gasteiger partial charge < -0.3 is 0 Å². The zero-order chi connectivity index (χ0) is 9.52. The van der Waals surface area contributed by atoms with Gasteiger partial charge >= 0.3 is 0 Å². The quantitative estimate of drug-likeness (QED) is 0.602. The molecule has 0 aliphatic heterocycles. The zero-order valence-corrected chi connectivity index (χ0v) is 8.59. The molecule has 1 aliphatic carbocycles. The SMILES string of the molecule is C1=Cc2ccccc2C1.CCCC. The van der Waals surface area contributed by atoms with Crippen molar-refractivity contribution in [1.82, 2.24) is 0 Å². The molecule has 1 aliphatic rings. The summed E-state index contributed by atoms with van der Waals surface area (Å²) < 4.78 is 0. The second-order valence-electron chi connectivity index (χ2n) is 3.31. The first-order valence-corrected chi connectivity index (χ1v) is 5.13. The second-order valence-corrected chi connectivity index (χ2v) is 3.31. The van der Waals surface area contributed by atoms with Crippen LogP contribution in [0.3, 0.4) is 0 Å². The summed E-state index contributed by atoms with van der Waals surface area (Å²) >= 11 is 0. The van der Waals surface area contributed by atoms with E-state index in [-0.39, 0.29) is 0 Å². The van der Waals surface area contributed by atoms with Gasteiger partial charge in [0, 0.05) is 0 Å². The minimum Gasteiger partial charge on any atom is -0.0795 e. The van der Waals surface area contributed by atoms with Crippen LogP contribution in [0.15, 0.2) is 30.3 Å². The van der Waals surface area contributed by atoms with Gasteiger partial charge in [0.05, 0.1) is 0 Å². The molecule has 13 heavy (non-hydrogen) atoms. The van der Waals surface area contributed by atoms with E-state index in [2.05, 4.69) is 50.3 Å². The van der Waals surface area contributed by atoms with Gasteiger partial charge in [0.25, 0.3) is 0 Å². The Morgan fingerprint density at radius 1 is 1.08 bits per heavy atom. The van der Waals surface area contributed by atoms with Crippen LogP contribution in [0.4, 0.5) is 0 Å². The zero-order valence-electron chi connectivity index (χ0n) is 8.59. The average Bonchev–Trinajstić information content (AvgIpc) is 2.66. The summed E-state index contributed by atoms with van der Waals surface area (Å²) in [4.78, 5) is 0. The first-order chi connectivity index (χ1) is 6.38. The van der Waals surface area contributed by atoms with Crippen LogP contribution >= 0.6 is 0 Å². The lowest BCUT2D eigenvalue weighted by Gasteiger charge is -1.93. The monoisotopic (exact) mass is 174 g/mol. The Bertz CT molecular complexity index is 269. The Balaban J connectivity index is 0.000000184. The van der Waals surface area contributed by atoms with Gasteiger partial charge in [-0.1, -0.05) is 63.1 Å². The topological polar surface area (TPSA) is 0 Å². The molecule has 0 nitrogen and oxygen atoms in total. The van der Waals surface area contributed by atoms with Crippen LogP contribution in [0.2, 0.25) is 0 Å². The smallest absolute Gasteiger partial charge is 0.00882 e. The van der Waals surface area contributed by atoms with Gasteiger partial charge in [0.2, 0.25) is 0 Å². The summed E-state index contributed by atoms with van der Waals surface area (Å²) in [6.45, 7) is 4.36. The van der Waals surface area contributed by atoms with Gasteiger partial charge in [-0.2, -0.15) is 0 Å². The van der Waals surface area contributed by atoms with Gasteiger partial charge in [-0.3, -0.25) is 0 Å². The Morgan fingerprint density at radius 2 is 1.77 bits per heavy atom. The summed E-state index contributed by atoms with van der Waals surface area (Å²) in [6, 6.07) is 8.49. The normalized spacial score (nSPS) is 11.8. The van der Waals surface area contributed by atoms with E-state index in [1.807, 2.05) is 0 Å². The van der Waals surface area contributed by atoms with Gasteiger partial charge in [-0.25, -0.2) is 0 Å². The Kier molecular flexibility index (Phi) is 4.31. The van der Waals surface area contributed by atoms with Crippen molar-refractivity contribution < 1.29 is 0 Å². The molecular formula is C13H18. The highest BCUT2D eigenvalue weighted by Crippen LogP contribution is 2.17. The summed E-state index contributed by atoms with van der Waals surface area (Å²) in [6.07, 6.45) is 8.14. The molecule has 0 saturated carbocycles. The highest BCUT2D eigenvalue weighted by atomic mass is 14.0. The summed E-state index contributed by atoms with van der Waals surface area (Å²) in [5.74, 6) is 0. The largest absolute Gasteiger partial charge is 0.0795 e. The highest BCUT2D eigenvalue weighted by molar-refractivity contribution is 5.59. The molecule has 0 heteroatoms. The van der Waals surface area contributed by atoms with E-state index in [0.29, 0.717) is 0 Å². The Morgan fingerprint density at radius 3 is 2.38 bits per heavy atom. The second kappa shape index (κ2) is 5.58. The molecule has 0 spiro atoms.